The minimum atomic E-state index is 0.566. The largest absolute Gasteiger partial charge is 0.311 e. The van der Waals surface area contributed by atoms with Gasteiger partial charge in [-0.15, -0.1) is 0 Å². The number of rotatable bonds is 5. The quantitative estimate of drug-likeness (QED) is 0.748. The number of hydrogen-bond donors (Lipinski definition) is 1. The standard InChI is InChI=1S/C16H31N/c1-5-12-11-15(12)17-14-9-7-13(8-10-14)16(3,4)6-2/h12-15,17H,5-11H2,1-4H3. The molecule has 0 heterocycles. The minimum absolute atomic E-state index is 0.566. The average molecular weight is 237 g/mol. The van der Waals surface area contributed by atoms with Gasteiger partial charge in [0.2, 0.25) is 0 Å². The summed E-state index contributed by atoms with van der Waals surface area (Å²) in [7, 11) is 0. The lowest BCUT2D eigenvalue weighted by Crippen LogP contribution is -2.38. The maximum Gasteiger partial charge on any atom is 0.0102 e. The van der Waals surface area contributed by atoms with Gasteiger partial charge < -0.3 is 5.32 Å². The molecule has 0 aromatic heterocycles. The summed E-state index contributed by atoms with van der Waals surface area (Å²) in [5.74, 6) is 1.96. The van der Waals surface area contributed by atoms with Crippen LogP contribution in [0.2, 0.25) is 0 Å². The Balaban J connectivity index is 1.71. The maximum absolute atomic E-state index is 3.88. The van der Waals surface area contributed by atoms with Crippen LogP contribution >= 0.6 is 0 Å². The van der Waals surface area contributed by atoms with Gasteiger partial charge in [0, 0.05) is 12.1 Å². The van der Waals surface area contributed by atoms with Crippen molar-refractivity contribution in [3.63, 3.8) is 0 Å². The maximum atomic E-state index is 3.88. The van der Waals surface area contributed by atoms with Crippen molar-refractivity contribution in [1.29, 1.82) is 0 Å². The first-order chi connectivity index (χ1) is 8.06. The van der Waals surface area contributed by atoms with Gasteiger partial charge in [0.05, 0.1) is 0 Å². The molecule has 2 saturated carbocycles. The van der Waals surface area contributed by atoms with Crippen molar-refractivity contribution in [1.82, 2.24) is 5.32 Å². The molecule has 17 heavy (non-hydrogen) atoms. The van der Waals surface area contributed by atoms with Crippen LogP contribution in [-0.2, 0) is 0 Å². The molecule has 0 saturated heterocycles. The van der Waals surface area contributed by atoms with Gasteiger partial charge in [-0.3, -0.25) is 0 Å². The molecule has 1 heteroatoms. The van der Waals surface area contributed by atoms with Crippen molar-refractivity contribution in [3.8, 4) is 0 Å². The molecule has 0 aliphatic heterocycles. The zero-order chi connectivity index (χ0) is 12.5. The Labute approximate surface area is 108 Å². The molecule has 2 aliphatic rings. The zero-order valence-electron chi connectivity index (χ0n) is 12.3. The predicted molar refractivity (Wildman–Crippen MR) is 75.1 cm³/mol. The van der Waals surface area contributed by atoms with Crippen LogP contribution in [0.3, 0.4) is 0 Å². The van der Waals surface area contributed by atoms with Gasteiger partial charge in [0.15, 0.2) is 0 Å². The van der Waals surface area contributed by atoms with Gasteiger partial charge in [0.25, 0.3) is 0 Å². The van der Waals surface area contributed by atoms with E-state index in [1.54, 1.807) is 0 Å². The monoisotopic (exact) mass is 237 g/mol. The summed E-state index contributed by atoms with van der Waals surface area (Å²) in [5, 5.41) is 3.88. The van der Waals surface area contributed by atoms with Crippen LogP contribution in [-0.4, -0.2) is 12.1 Å². The van der Waals surface area contributed by atoms with Gasteiger partial charge in [-0.2, -0.15) is 0 Å². The Morgan fingerprint density at radius 2 is 1.71 bits per heavy atom. The van der Waals surface area contributed by atoms with Crippen LogP contribution < -0.4 is 5.32 Å². The molecule has 1 N–H and O–H groups in total. The number of hydrogen-bond acceptors (Lipinski definition) is 1. The summed E-state index contributed by atoms with van der Waals surface area (Å²) >= 11 is 0. The lowest BCUT2D eigenvalue weighted by atomic mass is 9.69. The molecule has 0 spiro atoms. The highest BCUT2D eigenvalue weighted by Crippen LogP contribution is 2.41. The van der Waals surface area contributed by atoms with E-state index in [0.717, 1.165) is 23.9 Å². The van der Waals surface area contributed by atoms with Crippen molar-refractivity contribution in [2.45, 2.75) is 84.7 Å². The van der Waals surface area contributed by atoms with Crippen molar-refractivity contribution in [2.24, 2.45) is 17.3 Å². The van der Waals surface area contributed by atoms with E-state index in [2.05, 4.69) is 33.0 Å². The predicted octanol–water partition coefficient (Wildman–Crippen LogP) is 4.37. The molecular weight excluding hydrogens is 206 g/mol. The van der Waals surface area contributed by atoms with Crippen molar-refractivity contribution in [2.75, 3.05) is 0 Å². The molecule has 2 aliphatic carbocycles. The molecule has 100 valence electrons. The first-order valence-electron chi connectivity index (χ1n) is 7.82. The summed E-state index contributed by atoms with van der Waals surface area (Å²) in [5.41, 5.74) is 0.566. The van der Waals surface area contributed by atoms with E-state index in [1.807, 2.05) is 0 Å². The third-order valence-corrected chi connectivity index (χ3v) is 5.64. The normalized spacial score (nSPS) is 38.1. The van der Waals surface area contributed by atoms with Crippen LogP contribution in [0, 0.1) is 17.3 Å². The topological polar surface area (TPSA) is 12.0 Å². The fraction of sp³-hybridized carbons (Fsp3) is 1.00. The summed E-state index contributed by atoms with van der Waals surface area (Å²) in [6, 6.07) is 1.71. The highest BCUT2D eigenvalue weighted by atomic mass is 15.0. The second kappa shape index (κ2) is 5.30. The van der Waals surface area contributed by atoms with Crippen molar-refractivity contribution >= 4 is 0 Å². The van der Waals surface area contributed by atoms with Crippen LogP contribution in [0.5, 0.6) is 0 Å². The van der Waals surface area contributed by atoms with E-state index in [-0.39, 0.29) is 0 Å². The van der Waals surface area contributed by atoms with Gasteiger partial charge >= 0.3 is 0 Å². The first kappa shape index (κ1) is 13.4. The lowest BCUT2D eigenvalue weighted by molar-refractivity contribution is 0.136. The van der Waals surface area contributed by atoms with Crippen molar-refractivity contribution in [3.05, 3.63) is 0 Å². The molecule has 0 radical (unpaired) electrons. The Hall–Kier alpha value is -0.0400. The zero-order valence-corrected chi connectivity index (χ0v) is 12.3. The van der Waals surface area contributed by atoms with Gasteiger partial charge in [0.1, 0.15) is 0 Å². The van der Waals surface area contributed by atoms with Crippen LogP contribution in [0.15, 0.2) is 0 Å². The van der Waals surface area contributed by atoms with Crippen LogP contribution in [0.25, 0.3) is 0 Å². The Morgan fingerprint density at radius 3 is 2.18 bits per heavy atom. The van der Waals surface area contributed by atoms with E-state index < -0.39 is 0 Å². The minimum Gasteiger partial charge on any atom is -0.311 e. The van der Waals surface area contributed by atoms with Gasteiger partial charge in [-0.05, 0) is 49.4 Å². The fourth-order valence-corrected chi connectivity index (χ4v) is 3.54. The second-order valence-corrected chi connectivity index (χ2v) is 7.07. The highest BCUT2D eigenvalue weighted by Gasteiger charge is 2.38. The third kappa shape index (κ3) is 3.24. The van der Waals surface area contributed by atoms with Gasteiger partial charge in [-0.1, -0.05) is 40.5 Å². The molecule has 0 aromatic rings. The summed E-state index contributed by atoms with van der Waals surface area (Å²) < 4.78 is 0. The Bertz CT molecular complexity index is 238. The second-order valence-electron chi connectivity index (χ2n) is 7.07. The smallest absolute Gasteiger partial charge is 0.0102 e. The average Bonchev–Trinajstić information content (AvgIpc) is 3.08. The van der Waals surface area contributed by atoms with Crippen LogP contribution in [0.4, 0.5) is 0 Å². The molecule has 2 unspecified atom stereocenters. The molecule has 2 atom stereocenters. The molecule has 0 aromatic carbocycles. The van der Waals surface area contributed by atoms with Gasteiger partial charge in [-0.25, -0.2) is 0 Å². The molecular formula is C16H31N. The summed E-state index contributed by atoms with van der Waals surface area (Å²) in [4.78, 5) is 0. The SMILES string of the molecule is CCC1CC1NC1CCC(C(C)(C)CC)CC1. The van der Waals surface area contributed by atoms with Crippen molar-refractivity contribution < 1.29 is 0 Å². The molecule has 0 amide bonds. The fourth-order valence-electron chi connectivity index (χ4n) is 3.54. The third-order valence-electron chi connectivity index (χ3n) is 5.64. The Morgan fingerprint density at radius 1 is 1.06 bits per heavy atom. The van der Waals surface area contributed by atoms with E-state index >= 15 is 0 Å². The van der Waals surface area contributed by atoms with E-state index in [1.165, 1.54) is 44.9 Å². The molecule has 0 bridgehead atoms. The highest BCUT2D eigenvalue weighted by molar-refractivity contribution is 4.95. The van der Waals surface area contributed by atoms with E-state index in [9.17, 15) is 0 Å². The Kier molecular flexibility index (Phi) is 4.18. The summed E-state index contributed by atoms with van der Waals surface area (Å²) in [6.45, 7) is 9.59. The molecule has 2 fully saturated rings. The van der Waals surface area contributed by atoms with E-state index in [4.69, 9.17) is 0 Å². The van der Waals surface area contributed by atoms with Crippen LogP contribution in [0.1, 0.15) is 72.6 Å². The lowest BCUT2D eigenvalue weighted by Gasteiger charge is -2.39. The first-order valence-corrected chi connectivity index (χ1v) is 7.82. The molecule has 2 rings (SSSR count). The molecule has 1 nitrogen and oxygen atoms in total. The summed E-state index contributed by atoms with van der Waals surface area (Å²) in [6.07, 6.45) is 9.87. The van der Waals surface area contributed by atoms with E-state index in [0.29, 0.717) is 5.41 Å². The number of nitrogens with one attached hydrogen (secondary N) is 1.